The maximum Gasteiger partial charge on any atom is 0.147 e. The molecule has 23 heavy (non-hydrogen) atoms. The van der Waals surface area contributed by atoms with Crippen LogP contribution in [0.15, 0.2) is 41.5 Å². The van der Waals surface area contributed by atoms with E-state index in [1.165, 1.54) is 11.1 Å². The quantitative estimate of drug-likeness (QED) is 0.829. The first kappa shape index (κ1) is 16.2. The van der Waals surface area contributed by atoms with E-state index in [1.54, 1.807) is 6.07 Å². The van der Waals surface area contributed by atoms with Crippen LogP contribution >= 0.6 is 23.2 Å². The number of hydrogen-bond donors (Lipinski definition) is 1. The van der Waals surface area contributed by atoms with E-state index in [0.29, 0.717) is 22.4 Å². The van der Waals surface area contributed by atoms with Gasteiger partial charge in [-0.15, -0.1) is 0 Å². The zero-order valence-corrected chi connectivity index (χ0v) is 14.6. The molecule has 0 bridgehead atoms. The lowest BCUT2D eigenvalue weighted by atomic mass is 9.98. The lowest BCUT2D eigenvalue weighted by Gasteiger charge is -2.13. The second-order valence-electron chi connectivity index (χ2n) is 5.55. The molecule has 1 N–H and O–H groups in total. The average Bonchev–Trinajstić information content (AvgIpc) is 3.00. The molecule has 120 valence electrons. The lowest BCUT2D eigenvalue weighted by Crippen LogP contribution is -2.10. The molecular formula is C18H18Cl2N2O. The number of hydrazone groups is 1. The third kappa shape index (κ3) is 3.46. The van der Waals surface area contributed by atoms with Crippen LogP contribution in [0.1, 0.15) is 36.1 Å². The minimum atomic E-state index is 0.151. The Hall–Kier alpha value is -1.71. The predicted octanol–water partition coefficient (Wildman–Crippen LogP) is 5.14. The molecule has 2 aromatic carbocycles. The van der Waals surface area contributed by atoms with Crippen molar-refractivity contribution in [1.29, 1.82) is 0 Å². The number of hydrogen-bond acceptors (Lipinski definition) is 3. The van der Waals surface area contributed by atoms with E-state index in [4.69, 9.17) is 27.9 Å². The van der Waals surface area contributed by atoms with Gasteiger partial charge in [0.1, 0.15) is 5.75 Å². The number of benzene rings is 2. The second-order valence-corrected chi connectivity index (χ2v) is 6.40. The fourth-order valence-corrected chi connectivity index (χ4v) is 3.22. The number of ether oxygens (including phenoxy) is 1. The van der Waals surface area contributed by atoms with Crippen LogP contribution in [0.4, 0.5) is 0 Å². The van der Waals surface area contributed by atoms with Crippen LogP contribution < -0.4 is 10.2 Å². The topological polar surface area (TPSA) is 33.6 Å². The van der Waals surface area contributed by atoms with Gasteiger partial charge >= 0.3 is 0 Å². The van der Waals surface area contributed by atoms with E-state index < -0.39 is 0 Å². The molecule has 0 saturated heterocycles. The molecule has 0 aliphatic carbocycles. The molecule has 0 aromatic heterocycles. The highest BCUT2D eigenvalue weighted by molar-refractivity contribution is 6.36. The minimum Gasteiger partial charge on any atom is -0.492 e. The molecule has 3 rings (SSSR count). The van der Waals surface area contributed by atoms with Gasteiger partial charge in [0.05, 0.1) is 23.4 Å². The number of aryl methyl sites for hydroxylation is 1. The first-order valence-corrected chi connectivity index (χ1v) is 8.35. The maximum absolute atomic E-state index is 6.28. The van der Waals surface area contributed by atoms with E-state index in [-0.39, 0.29) is 6.04 Å². The molecule has 0 amide bonds. The summed E-state index contributed by atoms with van der Waals surface area (Å²) in [5.41, 5.74) is 7.41. The zero-order valence-electron chi connectivity index (χ0n) is 13.1. The SMILES string of the molecule is CCOc1c(Cl)cc(Cl)cc1C1=NN[C@@H](c2ccc(C)cc2)C1. The Labute approximate surface area is 146 Å². The third-order valence-corrected chi connectivity index (χ3v) is 4.34. The fourth-order valence-electron chi connectivity index (χ4n) is 2.67. The van der Waals surface area contributed by atoms with Gasteiger partial charge < -0.3 is 10.2 Å². The summed E-state index contributed by atoms with van der Waals surface area (Å²) in [6.07, 6.45) is 0.764. The van der Waals surface area contributed by atoms with Gasteiger partial charge in [0.15, 0.2) is 0 Å². The van der Waals surface area contributed by atoms with Crippen molar-refractivity contribution in [2.24, 2.45) is 5.10 Å². The first-order valence-electron chi connectivity index (χ1n) is 7.59. The summed E-state index contributed by atoms with van der Waals surface area (Å²) in [7, 11) is 0. The summed E-state index contributed by atoms with van der Waals surface area (Å²) >= 11 is 12.4. The van der Waals surface area contributed by atoms with Crippen LogP contribution in [0, 0.1) is 6.92 Å². The summed E-state index contributed by atoms with van der Waals surface area (Å²) in [5, 5.41) is 5.57. The number of rotatable bonds is 4. The number of halogens is 2. The Morgan fingerprint density at radius 1 is 1.22 bits per heavy atom. The Morgan fingerprint density at radius 3 is 2.65 bits per heavy atom. The molecule has 5 heteroatoms. The summed E-state index contributed by atoms with van der Waals surface area (Å²) in [6, 6.07) is 12.2. The molecule has 1 heterocycles. The van der Waals surface area contributed by atoms with Gasteiger partial charge in [-0.3, -0.25) is 0 Å². The average molecular weight is 349 g/mol. The summed E-state index contributed by atoms with van der Waals surface area (Å²) < 4.78 is 5.69. The standard InChI is InChI=1S/C18H18Cl2N2O/c1-3-23-18-14(8-13(19)9-15(18)20)17-10-16(21-22-17)12-6-4-11(2)5-7-12/h4-9,16,21H,3,10H2,1-2H3/t16-/m1/s1. The number of nitrogens with one attached hydrogen (secondary N) is 1. The largest absolute Gasteiger partial charge is 0.492 e. The molecule has 0 fully saturated rings. The Morgan fingerprint density at radius 2 is 1.96 bits per heavy atom. The minimum absolute atomic E-state index is 0.151. The molecule has 3 nitrogen and oxygen atoms in total. The van der Waals surface area contributed by atoms with Gasteiger partial charge in [-0.05, 0) is 31.5 Å². The zero-order chi connectivity index (χ0) is 16.4. The van der Waals surface area contributed by atoms with Crippen LogP contribution in [0.2, 0.25) is 10.0 Å². The van der Waals surface area contributed by atoms with Crippen molar-refractivity contribution in [2.75, 3.05) is 6.61 Å². The monoisotopic (exact) mass is 348 g/mol. The second kappa shape index (κ2) is 6.81. The fraction of sp³-hybridized carbons (Fsp3) is 0.278. The highest BCUT2D eigenvalue weighted by atomic mass is 35.5. The van der Waals surface area contributed by atoms with E-state index in [2.05, 4.69) is 41.7 Å². The van der Waals surface area contributed by atoms with E-state index in [1.807, 2.05) is 13.0 Å². The van der Waals surface area contributed by atoms with Gasteiger partial charge in [0.2, 0.25) is 0 Å². The molecule has 2 aromatic rings. The van der Waals surface area contributed by atoms with Crippen LogP contribution in [-0.4, -0.2) is 12.3 Å². The van der Waals surface area contributed by atoms with Crippen molar-refractivity contribution >= 4 is 28.9 Å². The highest BCUT2D eigenvalue weighted by Gasteiger charge is 2.24. The Bertz CT molecular complexity index is 741. The van der Waals surface area contributed by atoms with Crippen molar-refractivity contribution in [3.63, 3.8) is 0 Å². The van der Waals surface area contributed by atoms with Crippen LogP contribution in [0.3, 0.4) is 0 Å². The molecule has 0 spiro atoms. The van der Waals surface area contributed by atoms with Gasteiger partial charge in [-0.2, -0.15) is 5.10 Å². The molecule has 0 saturated carbocycles. The lowest BCUT2D eigenvalue weighted by molar-refractivity contribution is 0.340. The van der Waals surface area contributed by atoms with E-state index in [9.17, 15) is 0 Å². The van der Waals surface area contributed by atoms with Crippen LogP contribution in [-0.2, 0) is 0 Å². The van der Waals surface area contributed by atoms with Crippen LogP contribution in [0.5, 0.6) is 5.75 Å². The van der Waals surface area contributed by atoms with Crippen molar-refractivity contribution in [1.82, 2.24) is 5.43 Å². The van der Waals surface area contributed by atoms with Crippen molar-refractivity contribution in [2.45, 2.75) is 26.3 Å². The van der Waals surface area contributed by atoms with Crippen molar-refractivity contribution < 1.29 is 4.74 Å². The van der Waals surface area contributed by atoms with Crippen molar-refractivity contribution in [3.8, 4) is 5.75 Å². The highest BCUT2D eigenvalue weighted by Crippen LogP contribution is 2.36. The first-order chi connectivity index (χ1) is 11.1. The van der Waals surface area contributed by atoms with Crippen molar-refractivity contribution in [3.05, 3.63) is 63.1 Å². The molecule has 0 radical (unpaired) electrons. The molecule has 1 aliphatic rings. The molecule has 1 atom stereocenters. The van der Waals surface area contributed by atoms with Gasteiger partial charge in [-0.25, -0.2) is 0 Å². The van der Waals surface area contributed by atoms with Gasteiger partial charge in [0.25, 0.3) is 0 Å². The molecular weight excluding hydrogens is 331 g/mol. The molecule has 1 aliphatic heterocycles. The summed E-state index contributed by atoms with van der Waals surface area (Å²) in [6.45, 7) is 4.55. The smallest absolute Gasteiger partial charge is 0.147 e. The number of nitrogens with zero attached hydrogens (tertiary/aromatic N) is 1. The Balaban J connectivity index is 1.87. The van der Waals surface area contributed by atoms with E-state index in [0.717, 1.165) is 17.7 Å². The van der Waals surface area contributed by atoms with Crippen LogP contribution in [0.25, 0.3) is 0 Å². The summed E-state index contributed by atoms with van der Waals surface area (Å²) in [5.74, 6) is 0.642. The predicted molar refractivity (Wildman–Crippen MR) is 95.8 cm³/mol. The third-order valence-electron chi connectivity index (χ3n) is 3.84. The normalized spacial score (nSPS) is 16.9. The molecule has 0 unspecified atom stereocenters. The van der Waals surface area contributed by atoms with E-state index >= 15 is 0 Å². The maximum atomic E-state index is 6.28. The van der Waals surface area contributed by atoms with Gasteiger partial charge in [-0.1, -0.05) is 53.0 Å². The van der Waals surface area contributed by atoms with Gasteiger partial charge in [0, 0.05) is 17.0 Å². The Kier molecular flexibility index (Phi) is 4.79. The summed E-state index contributed by atoms with van der Waals surface area (Å²) in [4.78, 5) is 0.